The summed E-state index contributed by atoms with van der Waals surface area (Å²) in [5.41, 5.74) is 0.00664. The molecule has 0 aliphatic rings. The van der Waals surface area contributed by atoms with Crippen molar-refractivity contribution in [3.05, 3.63) is 22.2 Å². The molecule has 0 spiro atoms. The van der Waals surface area contributed by atoms with E-state index >= 15 is 0 Å². The van der Waals surface area contributed by atoms with Crippen LogP contribution < -0.4 is 0 Å². The average molecular weight is 247 g/mol. The molecule has 0 saturated heterocycles. The third-order valence-corrected chi connectivity index (χ3v) is 2.11. The lowest BCUT2D eigenvalue weighted by Crippen LogP contribution is -2.01. The Hall–Kier alpha value is -1.23. The molecule has 0 atom stereocenters. The van der Waals surface area contributed by atoms with Gasteiger partial charge in [0.1, 0.15) is 17.1 Å². The van der Waals surface area contributed by atoms with Gasteiger partial charge in [-0.05, 0) is 22.0 Å². The lowest BCUT2D eigenvalue weighted by Gasteiger charge is -2.04. The van der Waals surface area contributed by atoms with Gasteiger partial charge in [-0.2, -0.15) is 0 Å². The fourth-order valence-corrected chi connectivity index (χ4v) is 1.17. The predicted octanol–water partition coefficient (Wildman–Crippen LogP) is 1.65. The summed E-state index contributed by atoms with van der Waals surface area (Å²) in [5, 5.41) is 18.4. The minimum absolute atomic E-state index is 0.00664. The molecule has 0 unspecified atom stereocenters. The maximum atomic E-state index is 11.0. The summed E-state index contributed by atoms with van der Waals surface area (Å²) >= 11 is 3.01. The number of phenolic OH excluding ortho intramolecular Hbond substituents is 2. The minimum Gasteiger partial charge on any atom is -0.507 e. The van der Waals surface area contributed by atoms with Gasteiger partial charge in [0.2, 0.25) is 0 Å². The van der Waals surface area contributed by atoms with E-state index in [1.165, 1.54) is 13.2 Å². The number of carbonyl (C=O) groups excluding carboxylic acids is 1. The van der Waals surface area contributed by atoms with E-state index in [0.29, 0.717) is 4.47 Å². The first-order valence-corrected chi connectivity index (χ1v) is 4.15. The van der Waals surface area contributed by atoms with Crippen LogP contribution in [0, 0.1) is 0 Å². The molecule has 0 aromatic heterocycles. The summed E-state index contributed by atoms with van der Waals surface area (Å²) in [5.74, 6) is -1.10. The molecule has 1 aromatic carbocycles. The first-order valence-electron chi connectivity index (χ1n) is 3.36. The number of phenols is 2. The first kappa shape index (κ1) is 9.85. The van der Waals surface area contributed by atoms with Gasteiger partial charge >= 0.3 is 5.97 Å². The van der Waals surface area contributed by atoms with Gasteiger partial charge in [-0.1, -0.05) is 0 Å². The van der Waals surface area contributed by atoms with Crippen molar-refractivity contribution in [2.45, 2.75) is 0 Å². The molecule has 2 N–H and O–H groups in total. The van der Waals surface area contributed by atoms with Gasteiger partial charge in [-0.25, -0.2) is 4.79 Å². The van der Waals surface area contributed by atoms with Gasteiger partial charge in [-0.3, -0.25) is 0 Å². The molecule has 70 valence electrons. The van der Waals surface area contributed by atoms with Crippen molar-refractivity contribution in [1.82, 2.24) is 0 Å². The van der Waals surface area contributed by atoms with E-state index < -0.39 is 5.97 Å². The van der Waals surface area contributed by atoms with E-state index in [4.69, 9.17) is 5.11 Å². The largest absolute Gasteiger partial charge is 0.507 e. The number of carbonyl (C=O) groups is 1. The normalized spacial score (nSPS) is 9.69. The van der Waals surface area contributed by atoms with Crippen molar-refractivity contribution in [3.63, 3.8) is 0 Å². The monoisotopic (exact) mass is 246 g/mol. The molecule has 0 aliphatic heterocycles. The number of rotatable bonds is 1. The van der Waals surface area contributed by atoms with Crippen LogP contribution >= 0.6 is 15.9 Å². The van der Waals surface area contributed by atoms with Crippen LogP contribution in [0.15, 0.2) is 16.6 Å². The highest BCUT2D eigenvalue weighted by Crippen LogP contribution is 2.31. The van der Waals surface area contributed by atoms with Crippen LogP contribution in [0.5, 0.6) is 11.5 Å². The fraction of sp³-hybridized carbons (Fsp3) is 0.125. The number of esters is 1. The summed E-state index contributed by atoms with van der Waals surface area (Å²) in [7, 11) is 1.21. The van der Waals surface area contributed by atoms with Crippen LogP contribution in [0.25, 0.3) is 0 Å². The Kier molecular flexibility index (Phi) is 2.77. The Morgan fingerprint density at radius 2 is 2.00 bits per heavy atom. The van der Waals surface area contributed by atoms with Gasteiger partial charge in [0.05, 0.1) is 11.6 Å². The number of methoxy groups -OCH3 is 1. The van der Waals surface area contributed by atoms with E-state index in [1.807, 2.05) is 0 Å². The summed E-state index contributed by atoms with van der Waals surface area (Å²) < 4.78 is 4.74. The van der Waals surface area contributed by atoms with Gasteiger partial charge in [0.25, 0.3) is 0 Å². The van der Waals surface area contributed by atoms with Crippen molar-refractivity contribution in [2.75, 3.05) is 7.11 Å². The number of ether oxygens (including phenoxy) is 1. The zero-order chi connectivity index (χ0) is 10.0. The molecule has 0 bridgehead atoms. The third kappa shape index (κ3) is 1.92. The molecule has 1 aromatic rings. The summed E-state index contributed by atoms with van der Waals surface area (Å²) in [6.45, 7) is 0. The molecule has 13 heavy (non-hydrogen) atoms. The second-order valence-electron chi connectivity index (χ2n) is 2.31. The molecule has 5 heteroatoms. The Labute approximate surface area is 82.9 Å². The Bertz CT molecular complexity index is 348. The van der Waals surface area contributed by atoms with Crippen molar-refractivity contribution in [2.24, 2.45) is 0 Å². The van der Waals surface area contributed by atoms with E-state index in [0.717, 1.165) is 6.07 Å². The Balaban J connectivity index is 3.23. The van der Waals surface area contributed by atoms with Crippen molar-refractivity contribution in [3.8, 4) is 11.5 Å². The quantitative estimate of drug-likeness (QED) is 0.740. The van der Waals surface area contributed by atoms with Gasteiger partial charge in [0.15, 0.2) is 0 Å². The first-order chi connectivity index (χ1) is 6.06. The zero-order valence-electron chi connectivity index (χ0n) is 6.74. The third-order valence-electron chi connectivity index (χ3n) is 1.47. The highest BCUT2D eigenvalue weighted by molar-refractivity contribution is 9.10. The van der Waals surface area contributed by atoms with Crippen LogP contribution in [0.3, 0.4) is 0 Å². The lowest BCUT2D eigenvalue weighted by molar-refractivity contribution is 0.0597. The predicted molar refractivity (Wildman–Crippen MR) is 48.8 cm³/mol. The summed E-state index contributed by atoms with van der Waals surface area (Å²) in [4.78, 5) is 11.0. The van der Waals surface area contributed by atoms with E-state index in [9.17, 15) is 9.90 Å². The fourth-order valence-electron chi connectivity index (χ4n) is 0.824. The Morgan fingerprint density at radius 1 is 1.38 bits per heavy atom. The van der Waals surface area contributed by atoms with Crippen LogP contribution in [-0.4, -0.2) is 23.3 Å². The maximum Gasteiger partial charge on any atom is 0.341 e. The van der Waals surface area contributed by atoms with E-state index in [2.05, 4.69) is 20.7 Å². The average Bonchev–Trinajstić information content (AvgIpc) is 2.10. The molecule has 0 aliphatic carbocycles. The second-order valence-corrected chi connectivity index (χ2v) is 3.17. The zero-order valence-corrected chi connectivity index (χ0v) is 8.33. The molecule has 0 saturated carbocycles. The van der Waals surface area contributed by atoms with Crippen LogP contribution in [0.4, 0.5) is 0 Å². The summed E-state index contributed by atoms with van der Waals surface area (Å²) in [6.07, 6.45) is 0. The molecular formula is C8H7BrO4. The highest BCUT2D eigenvalue weighted by Gasteiger charge is 2.13. The molecule has 1 rings (SSSR count). The van der Waals surface area contributed by atoms with Crippen molar-refractivity contribution < 1.29 is 19.7 Å². The molecule has 0 fully saturated rings. The van der Waals surface area contributed by atoms with Crippen LogP contribution in [-0.2, 0) is 4.74 Å². The van der Waals surface area contributed by atoms with Gasteiger partial charge in [-0.15, -0.1) is 0 Å². The van der Waals surface area contributed by atoms with Gasteiger partial charge < -0.3 is 14.9 Å². The Morgan fingerprint density at radius 3 is 2.54 bits per heavy atom. The van der Waals surface area contributed by atoms with Crippen LogP contribution in [0.2, 0.25) is 0 Å². The molecule has 0 heterocycles. The van der Waals surface area contributed by atoms with Crippen molar-refractivity contribution in [1.29, 1.82) is 0 Å². The standard InChI is InChI=1S/C8H7BrO4/c1-13-8(12)4-2-5(9)7(11)3-6(4)10/h2-3,10-11H,1H3. The number of aromatic hydroxyl groups is 2. The van der Waals surface area contributed by atoms with Crippen LogP contribution in [0.1, 0.15) is 10.4 Å². The van der Waals surface area contributed by atoms with E-state index in [1.54, 1.807) is 0 Å². The molecular weight excluding hydrogens is 240 g/mol. The number of halogens is 1. The number of hydrogen-bond acceptors (Lipinski definition) is 4. The highest BCUT2D eigenvalue weighted by atomic mass is 79.9. The van der Waals surface area contributed by atoms with E-state index in [-0.39, 0.29) is 17.1 Å². The van der Waals surface area contributed by atoms with Crippen molar-refractivity contribution >= 4 is 21.9 Å². The smallest absolute Gasteiger partial charge is 0.341 e. The van der Waals surface area contributed by atoms with Gasteiger partial charge in [0, 0.05) is 6.07 Å². The molecule has 0 amide bonds. The number of benzene rings is 1. The molecule has 4 nitrogen and oxygen atoms in total. The topological polar surface area (TPSA) is 66.8 Å². The maximum absolute atomic E-state index is 11.0. The SMILES string of the molecule is COC(=O)c1cc(Br)c(O)cc1O. The lowest BCUT2D eigenvalue weighted by atomic mass is 10.2. The summed E-state index contributed by atoms with van der Waals surface area (Å²) in [6, 6.07) is 2.35. The second kappa shape index (κ2) is 3.66. The molecule has 0 radical (unpaired) electrons. The number of hydrogen-bond donors (Lipinski definition) is 2. The minimum atomic E-state index is -0.654.